The van der Waals surface area contributed by atoms with Gasteiger partial charge in [-0.3, -0.25) is 0 Å². The zero-order valence-electron chi connectivity index (χ0n) is 10.5. The van der Waals surface area contributed by atoms with Gasteiger partial charge in [0.25, 0.3) is 0 Å². The molecule has 94 valence electrons. The summed E-state index contributed by atoms with van der Waals surface area (Å²) in [4.78, 5) is 0. The van der Waals surface area contributed by atoms with E-state index in [4.69, 9.17) is 9.47 Å². The molecule has 1 N–H and O–H groups in total. The van der Waals surface area contributed by atoms with Crippen molar-refractivity contribution in [2.75, 3.05) is 20.3 Å². The fraction of sp³-hybridized carbons (Fsp3) is 0.571. The van der Waals surface area contributed by atoms with Crippen LogP contribution < -0.4 is 9.47 Å². The first-order valence-electron chi connectivity index (χ1n) is 6.18. The van der Waals surface area contributed by atoms with E-state index in [1.165, 1.54) is 6.42 Å². The Morgan fingerprint density at radius 1 is 1.35 bits per heavy atom. The molecule has 0 radical (unpaired) electrons. The summed E-state index contributed by atoms with van der Waals surface area (Å²) in [5.74, 6) is 1.55. The van der Waals surface area contributed by atoms with Crippen LogP contribution in [0.25, 0.3) is 0 Å². The second-order valence-electron chi connectivity index (χ2n) is 4.56. The van der Waals surface area contributed by atoms with Crippen molar-refractivity contribution in [1.82, 2.24) is 0 Å². The molecule has 0 amide bonds. The summed E-state index contributed by atoms with van der Waals surface area (Å²) >= 11 is 0. The van der Waals surface area contributed by atoms with Gasteiger partial charge in [-0.05, 0) is 25.8 Å². The van der Waals surface area contributed by atoms with Crippen LogP contribution >= 0.6 is 0 Å². The number of aliphatic hydroxyl groups is 1. The molecule has 1 aliphatic carbocycles. The highest BCUT2D eigenvalue weighted by molar-refractivity contribution is 5.51. The van der Waals surface area contributed by atoms with Crippen molar-refractivity contribution in [3.8, 4) is 11.5 Å². The largest absolute Gasteiger partial charge is 0.493 e. The van der Waals surface area contributed by atoms with Crippen LogP contribution in [0.4, 0.5) is 0 Å². The normalized spacial score (nSPS) is 17.4. The second-order valence-corrected chi connectivity index (χ2v) is 4.56. The lowest BCUT2D eigenvalue weighted by molar-refractivity contribution is 0.116. The molecule has 3 heteroatoms. The predicted molar refractivity (Wildman–Crippen MR) is 66.8 cm³/mol. The molecule has 0 atom stereocenters. The van der Waals surface area contributed by atoms with Crippen LogP contribution in [0.3, 0.4) is 0 Å². The molecule has 0 unspecified atom stereocenters. The molecule has 1 aromatic carbocycles. The Morgan fingerprint density at radius 2 is 2.12 bits per heavy atom. The number of para-hydroxylation sites is 1. The summed E-state index contributed by atoms with van der Waals surface area (Å²) in [6.45, 7) is 2.75. The van der Waals surface area contributed by atoms with Crippen LogP contribution in [0.2, 0.25) is 0 Å². The highest BCUT2D eigenvalue weighted by atomic mass is 16.5. The standard InChI is InChI=1S/C14H20O3/c1-3-17-12-7-4-6-11(13(12)16-2)14(10-15)8-5-9-14/h4,6-7,15H,3,5,8-10H2,1-2H3. The molecule has 17 heavy (non-hydrogen) atoms. The summed E-state index contributed by atoms with van der Waals surface area (Å²) < 4.78 is 11.0. The van der Waals surface area contributed by atoms with Crippen molar-refractivity contribution in [3.05, 3.63) is 23.8 Å². The van der Waals surface area contributed by atoms with Crippen molar-refractivity contribution in [2.24, 2.45) is 0 Å². The van der Waals surface area contributed by atoms with E-state index in [-0.39, 0.29) is 12.0 Å². The van der Waals surface area contributed by atoms with Gasteiger partial charge in [0.15, 0.2) is 11.5 Å². The predicted octanol–water partition coefficient (Wildman–Crippen LogP) is 2.51. The molecular formula is C14H20O3. The lowest BCUT2D eigenvalue weighted by atomic mass is 9.64. The molecule has 0 heterocycles. The molecule has 2 rings (SSSR count). The Hall–Kier alpha value is -1.22. The summed E-state index contributed by atoms with van der Waals surface area (Å²) in [5, 5.41) is 9.63. The zero-order chi connectivity index (χ0) is 12.3. The SMILES string of the molecule is CCOc1cccc(C2(CO)CCC2)c1OC. The molecule has 1 aromatic rings. The third-order valence-corrected chi connectivity index (χ3v) is 3.67. The van der Waals surface area contributed by atoms with E-state index >= 15 is 0 Å². The third-order valence-electron chi connectivity index (χ3n) is 3.67. The average Bonchev–Trinajstić information content (AvgIpc) is 2.29. The quantitative estimate of drug-likeness (QED) is 0.853. The molecule has 3 nitrogen and oxygen atoms in total. The number of hydrogen-bond donors (Lipinski definition) is 1. The van der Waals surface area contributed by atoms with Gasteiger partial charge in [-0.2, -0.15) is 0 Å². The highest BCUT2D eigenvalue weighted by Crippen LogP contribution is 2.49. The maximum atomic E-state index is 9.63. The summed E-state index contributed by atoms with van der Waals surface area (Å²) in [6.07, 6.45) is 3.22. The van der Waals surface area contributed by atoms with Crippen LogP contribution in [-0.2, 0) is 5.41 Å². The number of aliphatic hydroxyl groups excluding tert-OH is 1. The summed E-state index contributed by atoms with van der Waals surface area (Å²) in [7, 11) is 1.66. The van der Waals surface area contributed by atoms with E-state index < -0.39 is 0 Å². The average molecular weight is 236 g/mol. The molecule has 0 aromatic heterocycles. The van der Waals surface area contributed by atoms with Gasteiger partial charge in [-0.25, -0.2) is 0 Å². The highest BCUT2D eigenvalue weighted by Gasteiger charge is 2.40. The summed E-state index contributed by atoms with van der Waals surface area (Å²) in [5.41, 5.74) is 0.970. The maximum absolute atomic E-state index is 9.63. The minimum absolute atomic E-state index is 0.113. The Morgan fingerprint density at radius 3 is 2.59 bits per heavy atom. The number of rotatable bonds is 5. The lowest BCUT2D eigenvalue weighted by Gasteiger charge is -2.41. The second kappa shape index (κ2) is 4.96. The number of methoxy groups -OCH3 is 1. The first kappa shape index (κ1) is 12.2. The van der Waals surface area contributed by atoms with Crippen LogP contribution in [0.1, 0.15) is 31.7 Å². The molecule has 0 aliphatic heterocycles. The van der Waals surface area contributed by atoms with Crippen LogP contribution in [0.15, 0.2) is 18.2 Å². The van der Waals surface area contributed by atoms with E-state index in [0.717, 1.165) is 29.9 Å². The van der Waals surface area contributed by atoms with E-state index in [1.807, 2.05) is 25.1 Å². The van der Waals surface area contributed by atoms with Crippen LogP contribution in [-0.4, -0.2) is 25.4 Å². The first-order chi connectivity index (χ1) is 8.27. The van der Waals surface area contributed by atoms with E-state index in [0.29, 0.717) is 6.61 Å². The van der Waals surface area contributed by atoms with Crippen molar-refractivity contribution in [3.63, 3.8) is 0 Å². The Kier molecular flexibility index (Phi) is 3.57. The fourth-order valence-corrected chi connectivity index (χ4v) is 2.53. The van der Waals surface area contributed by atoms with Crippen molar-refractivity contribution >= 4 is 0 Å². The van der Waals surface area contributed by atoms with E-state index in [2.05, 4.69) is 0 Å². The van der Waals surface area contributed by atoms with Crippen molar-refractivity contribution < 1.29 is 14.6 Å². The lowest BCUT2D eigenvalue weighted by Crippen LogP contribution is -2.38. The zero-order valence-corrected chi connectivity index (χ0v) is 10.5. The first-order valence-corrected chi connectivity index (χ1v) is 6.18. The molecule has 0 spiro atoms. The summed E-state index contributed by atoms with van der Waals surface area (Å²) in [6, 6.07) is 5.92. The fourth-order valence-electron chi connectivity index (χ4n) is 2.53. The van der Waals surface area contributed by atoms with Gasteiger partial charge >= 0.3 is 0 Å². The van der Waals surface area contributed by atoms with Crippen molar-refractivity contribution in [2.45, 2.75) is 31.6 Å². The molecule has 1 aliphatic rings. The number of ether oxygens (including phenoxy) is 2. The molecule has 1 saturated carbocycles. The molecule has 0 bridgehead atoms. The Balaban J connectivity index is 2.42. The topological polar surface area (TPSA) is 38.7 Å². The monoisotopic (exact) mass is 236 g/mol. The number of hydrogen-bond acceptors (Lipinski definition) is 3. The van der Waals surface area contributed by atoms with E-state index in [9.17, 15) is 5.11 Å². The Bertz CT molecular complexity index is 378. The number of benzene rings is 1. The van der Waals surface area contributed by atoms with Crippen LogP contribution in [0.5, 0.6) is 11.5 Å². The van der Waals surface area contributed by atoms with Gasteiger partial charge in [0.05, 0.1) is 20.3 Å². The van der Waals surface area contributed by atoms with E-state index in [1.54, 1.807) is 7.11 Å². The van der Waals surface area contributed by atoms with Gasteiger partial charge in [0.1, 0.15) is 0 Å². The van der Waals surface area contributed by atoms with Gasteiger partial charge < -0.3 is 14.6 Å². The molecule has 1 fully saturated rings. The maximum Gasteiger partial charge on any atom is 0.164 e. The third kappa shape index (κ3) is 2.00. The van der Waals surface area contributed by atoms with Crippen LogP contribution in [0, 0.1) is 0 Å². The minimum Gasteiger partial charge on any atom is -0.493 e. The van der Waals surface area contributed by atoms with Gasteiger partial charge in [0, 0.05) is 11.0 Å². The van der Waals surface area contributed by atoms with Crippen molar-refractivity contribution in [1.29, 1.82) is 0 Å². The van der Waals surface area contributed by atoms with Gasteiger partial charge in [-0.15, -0.1) is 0 Å². The smallest absolute Gasteiger partial charge is 0.164 e. The van der Waals surface area contributed by atoms with Gasteiger partial charge in [-0.1, -0.05) is 18.6 Å². The Labute approximate surface area is 102 Å². The van der Waals surface area contributed by atoms with Gasteiger partial charge in [0.2, 0.25) is 0 Å². The minimum atomic E-state index is -0.113. The molecular weight excluding hydrogens is 216 g/mol. The molecule has 0 saturated heterocycles.